The van der Waals surface area contributed by atoms with Crippen molar-refractivity contribution in [2.45, 2.75) is 43.8 Å². The summed E-state index contributed by atoms with van der Waals surface area (Å²) in [5.74, 6) is 0. The van der Waals surface area contributed by atoms with E-state index in [1.165, 1.54) is 5.56 Å². The zero-order valence-electron chi connectivity index (χ0n) is 12.6. The van der Waals surface area contributed by atoms with Crippen molar-refractivity contribution < 1.29 is 0 Å². The number of aromatic nitrogens is 2. The van der Waals surface area contributed by atoms with E-state index in [1.807, 2.05) is 19.9 Å². The first-order chi connectivity index (χ1) is 10.1. The lowest BCUT2D eigenvalue weighted by molar-refractivity contribution is 0.675. The predicted octanol–water partition coefficient (Wildman–Crippen LogP) is 4.51. The molecule has 3 nitrogen and oxygen atoms in total. The molecule has 2 rings (SSSR count). The second-order valence-electron chi connectivity index (χ2n) is 4.98. The zero-order valence-corrected chi connectivity index (χ0v) is 15.0. The highest BCUT2D eigenvalue weighted by atomic mass is 79.9. The normalized spacial score (nSPS) is 10.9. The fourth-order valence-corrected chi connectivity index (χ4v) is 3.52. The van der Waals surface area contributed by atoms with Crippen LogP contribution in [-0.2, 0) is 6.54 Å². The minimum absolute atomic E-state index is 0.796. The van der Waals surface area contributed by atoms with Crippen LogP contribution in [0, 0.1) is 13.8 Å². The van der Waals surface area contributed by atoms with Gasteiger partial charge in [0, 0.05) is 27.3 Å². The Hall–Kier alpha value is -0.910. The van der Waals surface area contributed by atoms with E-state index in [2.05, 4.69) is 56.3 Å². The van der Waals surface area contributed by atoms with Gasteiger partial charge in [-0.15, -0.1) is 0 Å². The van der Waals surface area contributed by atoms with Gasteiger partial charge in [0.05, 0.1) is 0 Å². The molecule has 1 aromatic heterocycles. The molecule has 1 heterocycles. The highest BCUT2D eigenvalue weighted by Crippen LogP contribution is 2.32. The zero-order chi connectivity index (χ0) is 15.2. The van der Waals surface area contributed by atoms with Crippen LogP contribution in [-0.4, -0.2) is 16.5 Å². The van der Waals surface area contributed by atoms with E-state index >= 15 is 0 Å². The van der Waals surface area contributed by atoms with Gasteiger partial charge in [-0.1, -0.05) is 13.0 Å². The van der Waals surface area contributed by atoms with E-state index in [0.717, 1.165) is 45.4 Å². The van der Waals surface area contributed by atoms with E-state index < -0.39 is 0 Å². The molecular formula is C16H20BrN3S. The van der Waals surface area contributed by atoms with E-state index in [1.54, 1.807) is 11.8 Å². The number of hydrogen-bond acceptors (Lipinski definition) is 4. The number of nitrogens with zero attached hydrogens (tertiary/aromatic N) is 2. The Kier molecular flexibility index (Phi) is 6.21. The van der Waals surface area contributed by atoms with Crippen molar-refractivity contribution in [3.63, 3.8) is 0 Å². The largest absolute Gasteiger partial charge is 0.313 e. The summed E-state index contributed by atoms with van der Waals surface area (Å²) in [6.07, 6.45) is 1.15. The maximum Gasteiger partial charge on any atom is 0.192 e. The standard InChI is InChI=1S/C16H20BrN3S/c1-4-7-18-10-13-5-6-15(14(17)9-13)21-16-19-11(2)8-12(3)20-16/h5-6,8-9,18H,4,7,10H2,1-3H3. The van der Waals surface area contributed by atoms with Gasteiger partial charge < -0.3 is 5.32 Å². The maximum atomic E-state index is 4.47. The van der Waals surface area contributed by atoms with Crippen molar-refractivity contribution in [3.8, 4) is 0 Å². The summed E-state index contributed by atoms with van der Waals surface area (Å²) < 4.78 is 1.09. The number of halogens is 1. The minimum atomic E-state index is 0.796. The average Bonchev–Trinajstić information content (AvgIpc) is 2.41. The summed E-state index contributed by atoms with van der Waals surface area (Å²) in [5.41, 5.74) is 3.28. The molecule has 1 aromatic carbocycles. The number of hydrogen-bond donors (Lipinski definition) is 1. The minimum Gasteiger partial charge on any atom is -0.313 e. The summed E-state index contributed by atoms with van der Waals surface area (Å²) >= 11 is 5.24. The summed E-state index contributed by atoms with van der Waals surface area (Å²) in [5, 5.41) is 4.21. The highest BCUT2D eigenvalue weighted by molar-refractivity contribution is 9.10. The van der Waals surface area contributed by atoms with Gasteiger partial charge in [-0.05, 0) is 78.3 Å². The molecule has 0 atom stereocenters. The van der Waals surface area contributed by atoms with E-state index in [0.29, 0.717) is 0 Å². The fourth-order valence-electron chi connectivity index (χ4n) is 1.98. The summed E-state index contributed by atoms with van der Waals surface area (Å²) in [6.45, 7) is 8.11. The average molecular weight is 366 g/mol. The van der Waals surface area contributed by atoms with Gasteiger partial charge in [-0.3, -0.25) is 0 Å². The van der Waals surface area contributed by atoms with Gasteiger partial charge in [0.2, 0.25) is 0 Å². The van der Waals surface area contributed by atoms with E-state index in [4.69, 9.17) is 0 Å². The maximum absolute atomic E-state index is 4.47. The van der Waals surface area contributed by atoms with Crippen LogP contribution in [0.2, 0.25) is 0 Å². The smallest absolute Gasteiger partial charge is 0.192 e. The van der Waals surface area contributed by atoms with Crippen molar-refractivity contribution in [1.29, 1.82) is 0 Å². The van der Waals surface area contributed by atoms with Crippen LogP contribution in [0.4, 0.5) is 0 Å². The lowest BCUT2D eigenvalue weighted by Gasteiger charge is -2.08. The molecular weight excluding hydrogens is 346 g/mol. The predicted molar refractivity (Wildman–Crippen MR) is 91.8 cm³/mol. The first-order valence-corrected chi connectivity index (χ1v) is 8.68. The third kappa shape index (κ3) is 5.09. The summed E-state index contributed by atoms with van der Waals surface area (Å²) in [6, 6.07) is 8.42. The van der Waals surface area contributed by atoms with Gasteiger partial charge in [0.1, 0.15) is 0 Å². The van der Waals surface area contributed by atoms with Gasteiger partial charge in [0.25, 0.3) is 0 Å². The first kappa shape index (κ1) is 16.5. The molecule has 2 aromatic rings. The van der Waals surface area contributed by atoms with Gasteiger partial charge in [0.15, 0.2) is 5.16 Å². The lowest BCUT2D eigenvalue weighted by atomic mass is 10.2. The molecule has 0 bridgehead atoms. The molecule has 0 saturated heterocycles. The number of nitrogens with one attached hydrogen (secondary N) is 1. The Morgan fingerprint density at radius 2 is 1.86 bits per heavy atom. The van der Waals surface area contributed by atoms with Crippen LogP contribution < -0.4 is 5.32 Å². The lowest BCUT2D eigenvalue weighted by Crippen LogP contribution is -2.13. The number of aryl methyl sites for hydroxylation is 2. The van der Waals surface area contributed by atoms with Gasteiger partial charge in [-0.2, -0.15) is 0 Å². The van der Waals surface area contributed by atoms with Crippen LogP contribution in [0.15, 0.2) is 38.8 Å². The third-order valence-corrected chi connectivity index (χ3v) is 4.77. The first-order valence-electron chi connectivity index (χ1n) is 7.07. The molecule has 112 valence electrons. The quantitative estimate of drug-likeness (QED) is 0.603. The van der Waals surface area contributed by atoms with Crippen molar-refractivity contribution in [2.75, 3.05) is 6.54 Å². The number of benzene rings is 1. The molecule has 1 N–H and O–H groups in total. The van der Waals surface area contributed by atoms with E-state index in [-0.39, 0.29) is 0 Å². The van der Waals surface area contributed by atoms with Crippen molar-refractivity contribution >= 4 is 27.7 Å². The van der Waals surface area contributed by atoms with E-state index in [9.17, 15) is 0 Å². The molecule has 0 aliphatic carbocycles. The Bertz CT molecular complexity index is 596. The molecule has 21 heavy (non-hydrogen) atoms. The Balaban J connectivity index is 2.10. The fraction of sp³-hybridized carbons (Fsp3) is 0.375. The second-order valence-corrected chi connectivity index (χ2v) is 6.84. The molecule has 5 heteroatoms. The molecule has 0 aliphatic heterocycles. The Labute approximate surface area is 139 Å². The Morgan fingerprint density at radius 1 is 1.14 bits per heavy atom. The number of rotatable bonds is 6. The molecule has 0 spiro atoms. The van der Waals surface area contributed by atoms with Crippen molar-refractivity contribution in [2.24, 2.45) is 0 Å². The molecule has 0 radical (unpaired) electrons. The van der Waals surface area contributed by atoms with Crippen LogP contribution in [0.3, 0.4) is 0 Å². The van der Waals surface area contributed by atoms with Crippen LogP contribution in [0.5, 0.6) is 0 Å². The molecule has 0 unspecified atom stereocenters. The van der Waals surface area contributed by atoms with Gasteiger partial charge in [-0.25, -0.2) is 9.97 Å². The molecule has 0 saturated carbocycles. The van der Waals surface area contributed by atoms with Gasteiger partial charge >= 0.3 is 0 Å². The summed E-state index contributed by atoms with van der Waals surface area (Å²) in [4.78, 5) is 10.1. The van der Waals surface area contributed by atoms with Crippen LogP contribution in [0.1, 0.15) is 30.3 Å². The van der Waals surface area contributed by atoms with Crippen LogP contribution in [0.25, 0.3) is 0 Å². The Morgan fingerprint density at radius 3 is 2.48 bits per heavy atom. The summed E-state index contributed by atoms with van der Waals surface area (Å²) in [7, 11) is 0. The topological polar surface area (TPSA) is 37.8 Å². The SMILES string of the molecule is CCCNCc1ccc(Sc2nc(C)cc(C)n2)c(Br)c1. The second kappa shape index (κ2) is 7.92. The van der Waals surface area contributed by atoms with Crippen LogP contribution >= 0.6 is 27.7 Å². The molecule has 0 fully saturated rings. The van der Waals surface area contributed by atoms with Crippen molar-refractivity contribution in [3.05, 3.63) is 45.7 Å². The third-order valence-electron chi connectivity index (χ3n) is 2.92. The monoisotopic (exact) mass is 365 g/mol. The molecule has 0 amide bonds. The van der Waals surface area contributed by atoms with Crippen molar-refractivity contribution in [1.82, 2.24) is 15.3 Å². The highest BCUT2D eigenvalue weighted by Gasteiger charge is 2.07. The molecule has 0 aliphatic rings.